The zero-order valence-corrected chi connectivity index (χ0v) is 15.3. The average molecular weight is 383 g/mol. The zero-order chi connectivity index (χ0) is 19.0. The minimum absolute atomic E-state index is 0.0491. The van der Waals surface area contributed by atoms with Gasteiger partial charge in [-0.05, 0) is 47.0 Å². The van der Waals surface area contributed by atoms with Crippen LogP contribution in [0.3, 0.4) is 0 Å². The predicted molar refractivity (Wildman–Crippen MR) is 101 cm³/mol. The van der Waals surface area contributed by atoms with Gasteiger partial charge in [-0.1, -0.05) is 30.3 Å². The topological polar surface area (TPSA) is 87.9 Å². The highest BCUT2D eigenvalue weighted by Gasteiger charge is 2.23. The molecule has 1 heterocycles. The van der Waals surface area contributed by atoms with Gasteiger partial charge >= 0.3 is 0 Å². The van der Waals surface area contributed by atoms with Gasteiger partial charge in [0.15, 0.2) is 11.5 Å². The Morgan fingerprint density at radius 2 is 1.59 bits per heavy atom. The maximum atomic E-state index is 12.1. The third kappa shape index (κ3) is 3.22. The molecule has 0 fully saturated rings. The molecule has 3 aromatic rings. The number of methoxy groups -OCH3 is 1. The molecule has 0 unspecified atom stereocenters. The van der Waals surface area contributed by atoms with E-state index in [4.69, 9.17) is 19.3 Å². The Morgan fingerprint density at radius 3 is 2.30 bits per heavy atom. The Morgan fingerprint density at radius 1 is 0.889 bits per heavy atom. The smallest absolute Gasteiger partial charge is 0.238 e. The second-order valence-corrected chi connectivity index (χ2v) is 7.55. The molecular formula is C20H17NO5S. The summed E-state index contributed by atoms with van der Waals surface area (Å²) < 4.78 is 40.5. The van der Waals surface area contributed by atoms with Crippen LogP contribution in [0.5, 0.6) is 17.2 Å². The molecule has 2 N–H and O–H groups in total. The van der Waals surface area contributed by atoms with Crippen molar-refractivity contribution >= 4 is 10.0 Å². The van der Waals surface area contributed by atoms with Crippen molar-refractivity contribution in [2.45, 2.75) is 4.90 Å². The van der Waals surface area contributed by atoms with Gasteiger partial charge in [-0.15, -0.1) is 0 Å². The van der Waals surface area contributed by atoms with Crippen molar-refractivity contribution in [3.05, 3.63) is 60.7 Å². The molecule has 6 nitrogen and oxygen atoms in total. The highest BCUT2D eigenvalue weighted by Crippen LogP contribution is 2.44. The fourth-order valence-electron chi connectivity index (χ4n) is 3.13. The summed E-state index contributed by atoms with van der Waals surface area (Å²) in [5.74, 6) is 1.85. The van der Waals surface area contributed by atoms with Gasteiger partial charge in [-0.2, -0.15) is 0 Å². The average Bonchev–Trinajstić information content (AvgIpc) is 3.14. The van der Waals surface area contributed by atoms with E-state index in [-0.39, 0.29) is 11.7 Å². The third-order valence-corrected chi connectivity index (χ3v) is 5.35. The van der Waals surface area contributed by atoms with Crippen molar-refractivity contribution in [2.75, 3.05) is 13.9 Å². The summed E-state index contributed by atoms with van der Waals surface area (Å²) in [4.78, 5) is 0.0491. The zero-order valence-electron chi connectivity index (χ0n) is 14.5. The molecular weight excluding hydrogens is 366 g/mol. The molecule has 0 saturated carbocycles. The summed E-state index contributed by atoms with van der Waals surface area (Å²) in [5.41, 5.74) is 2.81. The summed E-state index contributed by atoms with van der Waals surface area (Å²) in [6, 6.07) is 17.7. The minimum Gasteiger partial charge on any atom is -0.497 e. The summed E-state index contributed by atoms with van der Waals surface area (Å²) >= 11 is 0. The quantitative estimate of drug-likeness (QED) is 0.746. The highest BCUT2D eigenvalue weighted by atomic mass is 32.2. The van der Waals surface area contributed by atoms with Gasteiger partial charge in [0, 0.05) is 5.56 Å². The second kappa shape index (κ2) is 6.61. The Hall–Kier alpha value is -3.03. The van der Waals surface area contributed by atoms with E-state index < -0.39 is 10.0 Å². The van der Waals surface area contributed by atoms with Crippen LogP contribution in [0.4, 0.5) is 0 Å². The largest absolute Gasteiger partial charge is 0.497 e. The number of fused-ring (bicyclic) bond motifs is 1. The van der Waals surface area contributed by atoms with E-state index in [0.717, 1.165) is 11.1 Å². The number of benzene rings is 3. The number of nitrogens with two attached hydrogens (primary N) is 1. The van der Waals surface area contributed by atoms with Crippen LogP contribution in [-0.4, -0.2) is 22.3 Å². The first-order valence-corrected chi connectivity index (χ1v) is 9.72. The molecule has 7 heteroatoms. The van der Waals surface area contributed by atoms with Crippen LogP contribution in [0.15, 0.2) is 65.6 Å². The molecule has 1 aliphatic rings. The number of ether oxygens (including phenoxy) is 3. The van der Waals surface area contributed by atoms with Crippen molar-refractivity contribution in [2.24, 2.45) is 5.14 Å². The highest BCUT2D eigenvalue weighted by molar-refractivity contribution is 7.89. The lowest BCUT2D eigenvalue weighted by Gasteiger charge is -2.15. The van der Waals surface area contributed by atoms with Crippen LogP contribution in [0, 0.1) is 0 Å². The van der Waals surface area contributed by atoms with Crippen LogP contribution in [0.2, 0.25) is 0 Å². The molecule has 0 amide bonds. The van der Waals surface area contributed by atoms with E-state index in [2.05, 4.69) is 0 Å². The van der Waals surface area contributed by atoms with Crippen molar-refractivity contribution in [3.63, 3.8) is 0 Å². The number of hydrogen-bond donors (Lipinski definition) is 1. The first-order chi connectivity index (χ1) is 13.0. The molecule has 27 heavy (non-hydrogen) atoms. The van der Waals surface area contributed by atoms with E-state index in [1.165, 1.54) is 6.07 Å². The van der Waals surface area contributed by atoms with Crippen molar-refractivity contribution in [1.29, 1.82) is 0 Å². The first-order valence-electron chi connectivity index (χ1n) is 8.17. The van der Waals surface area contributed by atoms with E-state index in [0.29, 0.717) is 28.4 Å². The maximum Gasteiger partial charge on any atom is 0.238 e. The Labute approximate surface area is 157 Å². The standard InChI is InChI=1S/C20H17NO5S/c1-24-14-6-4-5-13(9-14)16-10-18-19(26-12-25-18)11-17(16)15-7-2-3-8-20(15)27(21,22)23/h2-11H,12H2,1H3,(H2,21,22,23). The maximum absolute atomic E-state index is 12.1. The lowest BCUT2D eigenvalue weighted by atomic mass is 9.93. The molecule has 4 rings (SSSR count). The summed E-state index contributed by atoms with van der Waals surface area (Å²) in [7, 11) is -2.31. The van der Waals surface area contributed by atoms with Gasteiger partial charge in [-0.3, -0.25) is 0 Å². The van der Waals surface area contributed by atoms with Gasteiger partial charge < -0.3 is 14.2 Å². The number of primary sulfonamides is 1. The lowest BCUT2D eigenvalue weighted by molar-refractivity contribution is 0.174. The first kappa shape index (κ1) is 17.4. The van der Waals surface area contributed by atoms with Crippen LogP contribution < -0.4 is 19.3 Å². The van der Waals surface area contributed by atoms with Crippen LogP contribution >= 0.6 is 0 Å². The molecule has 0 spiro atoms. The molecule has 138 valence electrons. The van der Waals surface area contributed by atoms with Gasteiger partial charge in [0.1, 0.15) is 5.75 Å². The van der Waals surface area contributed by atoms with Crippen LogP contribution in [0.1, 0.15) is 0 Å². The normalized spacial score (nSPS) is 12.8. The van der Waals surface area contributed by atoms with E-state index in [1.807, 2.05) is 30.3 Å². The monoisotopic (exact) mass is 383 g/mol. The molecule has 0 saturated heterocycles. The Kier molecular flexibility index (Phi) is 4.25. The molecule has 0 radical (unpaired) electrons. The lowest BCUT2D eigenvalue weighted by Crippen LogP contribution is -2.13. The van der Waals surface area contributed by atoms with Crippen LogP contribution in [-0.2, 0) is 10.0 Å². The number of sulfonamides is 1. The molecule has 0 atom stereocenters. The van der Waals surface area contributed by atoms with Crippen molar-refractivity contribution in [3.8, 4) is 39.5 Å². The minimum atomic E-state index is -3.90. The van der Waals surface area contributed by atoms with Crippen molar-refractivity contribution < 1.29 is 22.6 Å². The Balaban J connectivity index is 2.02. The third-order valence-electron chi connectivity index (χ3n) is 4.38. The second-order valence-electron chi connectivity index (χ2n) is 6.02. The SMILES string of the molecule is COc1cccc(-c2cc3c(cc2-c2ccccc2S(N)(=O)=O)OCO3)c1. The van der Waals surface area contributed by atoms with E-state index >= 15 is 0 Å². The van der Waals surface area contributed by atoms with Gasteiger partial charge in [0.05, 0.1) is 12.0 Å². The molecule has 0 bridgehead atoms. The molecule has 1 aliphatic heterocycles. The van der Waals surface area contributed by atoms with Gasteiger partial charge in [0.2, 0.25) is 16.8 Å². The summed E-state index contributed by atoms with van der Waals surface area (Å²) in [6.07, 6.45) is 0. The molecule has 0 aromatic heterocycles. The fraction of sp³-hybridized carbons (Fsp3) is 0.100. The Bertz CT molecular complexity index is 1120. The fourth-order valence-corrected chi connectivity index (χ4v) is 3.88. The van der Waals surface area contributed by atoms with Gasteiger partial charge in [0.25, 0.3) is 0 Å². The molecule has 3 aromatic carbocycles. The number of hydrogen-bond acceptors (Lipinski definition) is 5. The van der Waals surface area contributed by atoms with E-state index in [1.54, 1.807) is 31.4 Å². The summed E-state index contributed by atoms with van der Waals surface area (Å²) in [6.45, 7) is 0.118. The number of rotatable bonds is 4. The summed E-state index contributed by atoms with van der Waals surface area (Å²) in [5, 5.41) is 5.44. The van der Waals surface area contributed by atoms with Crippen molar-refractivity contribution in [1.82, 2.24) is 0 Å². The van der Waals surface area contributed by atoms with Crippen LogP contribution in [0.25, 0.3) is 22.3 Å². The molecule has 0 aliphatic carbocycles. The van der Waals surface area contributed by atoms with Gasteiger partial charge in [-0.25, -0.2) is 13.6 Å². The van der Waals surface area contributed by atoms with E-state index in [9.17, 15) is 8.42 Å². The predicted octanol–water partition coefficient (Wildman–Crippen LogP) is 3.41.